The molecule has 0 saturated carbocycles. The molecule has 1 aromatic carbocycles. The molecule has 0 spiro atoms. The fourth-order valence-corrected chi connectivity index (χ4v) is 3.70. The van der Waals surface area contributed by atoms with Crippen LogP contribution >= 0.6 is 0 Å². The van der Waals surface area contributed by atoms with E-state index in [1.54, 1.807) is 5.57 Å². The lowest BCUT2D eigenvalue weighted by Crippen LogP contribution is -2.32. The Bertz CT molecular complexity index is 494. The van der Waals surface area contributed by atoms with Gasteiger partial charge >= 0.3 is 0 Å². The Hall–Kier alpha value is -1.28. The zero-order valence-corrected chi connectivity index (χ0v) is 12.6. The molecular weight excluding hydrogens is 246 g/mol. The van der Waals surface area contributed by atoms with E-state index in [1.807, 2.05) is 0 Å². The van der Waals surface area contributed by atoms with E-state index in [0.717, 1.165) is 37.2 Å². The summed E-state index contributed by atoms with van der Waals surface area (Å²) in [5.74, 6) is 2.58. The summed E-state index contributed by atoms with van der Waals surface area (Å²) in [7, 11) is 0. The van der Waals surface area contributed by atoms with Gasteiger partial charge in [-0.1, -0.05) is 36.8 Å². The van der Waals surface area contributed by atoms with Gasteiger partial charge in [-0.15, -0.1) is 0 Å². The molecule has 0 aromatic heterocycles. The molecule has 0 radical (unpaired) electrons. The van der Waals surface area contributed by atoms with Gasteiger partial charge in [0, 0.05) is 18.0 Å². The lowest BCUT2D eigenvalue weighted by atomic mass is 9.83. The third-order valence-electron chi connectivity index (χ3n) is 4.50. The first-order valence-corrected chi connectivity index (χ1v) is 7.85. The van der Waals surface area contributed by atoms with Gasteiger partial charge in [-0.25, -0.2) is 0 Å². The van der Waals surface area contributed by atoms with E-state index in [4.69, 9.17) is 4.74 Å². The number of fused-ring (bicyclic) bond motifs is 1. The minimum atomic E-state index is 0.460. The van der Waals surface area contributed by atoms with Gasteiger partial charge in [0.05, 0.1) is 6.61 Å². The second-order valence-corrected chi connectivity index (χ2v) is 6.43. The molecule has 0 amide bonds. The number of para-hydroxylation sites is 1. The SMILES string of the molecule is CC1=CC(C)CC(CNC2CCOc3ccccc32)C1. The summed E-state index contributed by atoms with van der Waals surface area (Å²) in [5.41, 5.74) is 2.89. The number of allylic oxidation sites excluding steroid dienone is 2. The maximum absolute atomic E-state index is 5.73. The van der Waals surface area contributed by atoms with Crippen LogP contribution in [-0.2, 0) is 0 Å². The van der Waals surface area contributed by atoms with Gasteiger partial charge in [-0.05, 0) is 44.2 Å². The van der Waals surface area contributed by atoms with Crippen LogP contribution < -0.4 is 10.1 Å². The van der Waals surface area contributed by atoms with Crippen LogP contribution in [0.2, 0.25) is 0 Å². The summed E-state index contributed by atoms with van der Waals surface area (Å²) in [6, 6.07) is 8.90. The van der Waals surface area contributed by atoms with Gasteiger partial charge < -0.3 is 10.1 Å². The highest BCUT2D eigenvalue weighted by Gasteiger charge is 2.23. The van der Waals surface area contributed by atoms with Crippen molar-refractivity contribution in [2.45, 2.75) is 39.2 Å². The van der Waals surface area contributed by atoms with Crippen LogP contribution in [0.15, 0.2) is 35.9 Å². The van der Waals surface area contributed by atoms with Gasteiger partial charge in [-0.3, -0.25) is 0 Å². The Morgan fingerprint density at radius 3 is 3.00 bits per heavy atom. The Labute approximate surface area is 122 Å². The van der Waals surface area contributed by atoms with Crippen LogP contribution in [0.1, 0.15) is 44.7 Å². The largest absolute Gasteiger partial charge is 0.493 e. The Balaban J connectivity index is 1.61. The molecule has 1 heterocycles. The van der Waals surface area contributed by atoms with Crippen molar-refractivity contribution in [1.29, 1.82) is 0 Å². The Kier molecular flexibility index (Phi) is 4.11. The van der Waals surface area contributed by atoms with Crippen LogP contribution in [0.25, 0.3) is 0 Å². The maximum atomic E-state index is 5.73. The van der Waals surface area contributed by atoms with Gasteiger partial charge in [-0.2, -0.15) is 0 Å². The molecule has 108 valence electrons. The van der Waals surface area contributed by atoms with Crippen molar-refractivity contribution in [2.24, 2.45) is 11.8 Å². The lowest BCUT2D eigenvalue weighted by molar-refractivity contribution is 0.244. The first-order chi connectivity index (χ1) is 9.72. The molecule has 3 rings (SSSR count). The van der Waals surface area contributed by atoms with Crippen molar-refractivity contribution >= 4 is 0 Å². The molecule has 1 N–H and O–H groups in total. The van der Waals surface area contributed by atoms with Crippen molar-refractivity contribution in [2.75, 3.05) is 13.2 Å². The highest BCUT2D eigenvalue weighted by Crippen LogP contribution is 2.33. The molecule has 0 saturated heterocycles. The highest BCUT2D eigenvalue weighted by atomic mass is 16.5. The van der Waals surface area contributed by atoms with Crippen molar-refractivity contribution in [3.8, 4) is 5.75 Å². The predicted octanol–water partition coefficient (Wildman–Crippen LogP) is 4.09. The molecule has 3 unspecified atom stereocenters. The Morgan fingerprint density at radius 2 is 2.15 bits per heavy atom. The monoisotopic (exact) mass is 271 g/mol. The minimum Gasteiger partial charge on any atom is -0.493 e. The normalized spacial score (nSPS) is 29.3. The summed E-state index contributed by atoms with van der Waals surface area (Å²) < 4.78 is 5.73. The third kappa shape index (κ3) is 3.06. The van der Waals surface area contributed by atoms with Crippen molar-refractivity contribution in [3.05, 3.63) is 41.5 Å². The van der Waals surface area contributed by atoms with Crippen LogP contribution in [0.5, 0.6) is 5.75 Å². The van der Waals surface area contributed by atoms with Crippen LogP contribution in [0, 0.1) is 11.8 Å². The van der Waals surface area contributed by atoms with Crippen LogP contribution in [0.3, 0.4) is 0 Å². The second-order valence-electron chi connectivity index (χ2n) is 6.43. The van der Waals surface area contributed by atoms with Gasteiger partial charge in [0.2, 0.25) is 0 Å². The highest BCUT2D eigenvalue weighted by molar-refractivity contribution is 5.37. The van der Waals surface area contributed by atoms with Crippen molar-refractivity contribution < 1.29 is 4.74 Å². The number of benzene rings is 1. The summed E-state index contributed by atoms with van der Waals surface area (Å²) >= 11 is 0. The van der Waals surface area contributed by atoms with E-state index in [1.165, 1.54) is 18.4 Å². The molecule has 2 heteroatoms. The van der Waals surface area contributed by atoms with E-state index < -0.39 is 0 Å². The van der Waals surface area contributed by atoms with Gasteiger partial charge in [0.25, 0.3) is 0 Å². The number of rotatable bonds is 3. The second kappa shape index (κ2) is 6.01. The zero-order chi connectivity index (χ0) is 13.9. The predicted molar refractivity (Wildman–Crippen MR) is 82.9 cm³/mol. The summed E-state index contributed by atoms with van der Waals surface area (Å²) in [6.45, 7) is 6.55. The molecule has 1 aromatic rings. The average molecular weight is 271 g/mol. The topological polar surface area (TPSA) is 21.3 Å². The molecule has 0 bridgehead atoms. The van der Waals surface area contributed by atoms with Crippen molar-refractivity contribution in [1.82, 2.24) is 5.32 Å². The summed E-state index contributed by atoms with van der Waals surface area (Å²) in [6.07, 6.45) is 6.08. The quantitative estimate of drug-likeness (QED) is 0.836. The molecule has 3 atom stereocenters. The van der Waals surface area contributed by atoms with E-state index in [0.29, 0.717) is 6.04 Å². The molecule has 0 fully saturated rings. The molecule has 20 heavy (non-hydrogen) atoms. The summed E-state index contributed by atoms with van der Waals surface area (Å²) in [5, 5.41) is 3.78. The smallest absolute Gasteiger partial charge is 0.124 e. The molecular formula is C18H25NO. The Morgan fingerprint density at radius 1 is 1.30 bits per heavy atom. The molecule has 2 aliphatic rings. The zero-order valence-electron chi connectivity index (χ0n) is 12.6. The molecule has 1 aliphatic carbocycles. The number of hydrogen-bond donors (Lipinski definition) is 1. The molecule has 2 nitrogen and oxygen atoms in total. The van der Waals surface area contributed by atoms with Crippen molar-refractivity contribution in [3.63, 3.8) is 0 Å². The summed E-state index contributed by atoms with van der Waals surface area (Å²) in [4.78, 5) is 0. The maximum Gasteiger partial charge on any atom is 0.124 e. The fourth-order valence-electron chi connectivity index (χ4n) is 3.70. The first-order valence-electron chi connectivity index (χ1n) is 7.85. The lowest BCUT2D eigenvalue weighted by Gasteiger charge is -2.30. The number of hydrogen-bond acceptors (Lipinski definition) is 2. The fraction of sp³-hybridized carbons (Fsp3) is 0.556. The van der Waals surface area contributed by atoms with Gasteiger partial charge in [0.15, 0.2) is 0 Å². The van der Waals surface area contributed by atoms with Crippen LogP contribution in [-0.4, -0.2) is 13.2 Å². The number of ether oxygens (including phenoxy) is 1. The number of nitrogens with one attached hydrogen (secondary N) is 1. The first kappa shape index (κ1) is 13.7. The van der Waals surface area contributed by atoms with E-state index in [-0.39, 0.29) is 0 Å². The average Bonchev–Trinajstić information content (AvgIpc) is 2.44. The standard InChI is InChI=1S/C18H25NO/c1-13-9-14(2)11-15(10-13)12-19-17-7-8-20-18-6-4-3-5-16(17)18/h3-6,9,13,15,17,19H,7-8,10-12H2,1-2H3. The molecule has 1 aliphatic heterocycles. The minimum absolute atomic E-state index is 0.460. The van der Waals surface area contributed by atoms with E-state index in [9.17, 15) is 0 Å². The third-order valence-corrected chi connectivity index (χ3v) is 4.50. The van der Waals surface area contributed by atoms with Gasteiger partial charge in [0.1, 0.15) is 5.75 Å². The van der Waals surface area contributed by atoms with E-state index >= 15 is 0 Å². The van der Waals surface area contributed by atoms with Crippen LogP contribution in [0.4, 0.5) is 0 Å². The van der Waals surface area contributed by atoms with E-state index in [2.05, 4.69) is 49.5 Å².